The van der Waals surface area contributed by atoms with Crippen molar-refractivity contribution in [3.63, 3.8) is 0 Å². The third-order valence-corrected chi connectivity index (χ3v) is 7.28. The summed E-state index contributed by atoms with van der Waals surface area (Å²) in [6, 6.07) is 18.9. The molecule has 0 saturated carbocycles. The number of likely N-dealkylation sites (tertiary alicyclic amines) is 1. The van der Waals surface area contributed by atoms with Gasteiger partial charge < -0.3 is 15.4 Å². The van der Waals surface area contributed by atoms with Crippen LogP contribution in [0.3, 0.4) is 0 Å². The van der Waals surface area contributed by atoms with Gasteiger partial charge >= 0.3 is 0 Å². The predicted molar refractivity (Wildman–Crippen MR) is 137 cm³/mol. The molecule has 35 heavy (non-hydrogen) atoms. The van der Waals surface area contributed by atoms with Crippen molar-refractivity contribution in [1.29, 1.82) is 0 Å². The number of carbonyl (C=O) groups excluding carboxylic acids is 2. The van der Waals surface area contributed by atoms with Crippen LogP contribution in [-0.4, -0.2) is 85.5 Å². The van der Waals surface area contributed by atoms with Crippen molar-refractivity contribution in [2.45, 2.75) is 18.9 Å². The Morgan fingerprint density at radius 3 is 2.34 bits per heavy atom. The third-order valence-electron chi connectivity index (χ3n) is 7.03. The van der Waals surface area contributed by atoms with Crippen LogP contribution in [0.1, 0.15) is 30.0 Å². The Kier molecular flexibility index (Phi) is 9.15. The van der Waals surface area contributed by atoms with E-state index >= 15 is 0 Å². The van der Waals surface area contributed by atoms with Crippen LogP contribution in [0.15, 0.2) is 54.6 Å². The van der Waals surface area contributed by atoms with E-state index in [1.54, 1.807) is 4.90 Å². The summed E-state index contributed by atoms with van der Waals surface area (Å²) in [5.41, 5.74) is 7.93. The van der Waals surface area contributed by atoms with Gasteiger partial charge in [0.2, 0.25) is 11.8 Å². The second kappa shape index (κ2) is 12.5. The molecule has 2 aliphatic rings. The normalized spacial score (nSPS) is 20.5. The molecular weight excluding hydrogens is 464 g/mol. The summed E-state index contributed by atoms with van der Waals surface area (Å²) in [5.74, 6) is -0.626. The van der Waals surface area contributed by atoms with Gasteiger partial charge in [0.25, 0.3) is 0 Å². The van der Waals surface area contributed by atoms with Gasteiger partial charge in [0.1, 0.15) is 6.61 Å². The number of ether oxygens (including phenoxy) is 1. The summed E-state index contributed by atoms with van der Waals surface area (Å²) in [6.45, 7) is 6.23. The lowest BCUT2D eigenvalue weighted by molar-refractivity contribution is -0.139. The number of piperidine rings is 1. The lowest BCUT2D eigenvalue weighted by atomic mass is 9.96. The van der Waals surface area contributed by atoms with E-state index < -0.39 is 0 Å². The smallest absolute Gasteiger partial charge is 0.248 e. The second-order valence-corrected chi connectivity index (χ2v) is 9.81. The van der Waals surface area contributed by atoms with Crippen molar-refractivity contribution in [2.24, 2.45) is 11.7 Å². The van der Waals surface area contributed by atoms with Crippen LogP contribution in [0.5, 0.6) is 0 Å². The number of primary amides is 1. The summed E-state index contributed by atoms with van der Waals surface area (Å²) in [5, 5.41) is 0.747. The molecule has 7 nitrogen and oxygen atoms in total. The Morgan fingerprint density at radius 1 is 0.971 bits per heavy atom. The molecule has 0 aliphatic carbocycles. The summed E-state index contributed by atoms with van der Waals surface area (Å²) < 4.78 is 5.70. The molecule has 0 aromatic heterocycles. The molecule has 8 heteroatoms. The van der Waals surface area contributed by atoms with Gasteiger partial charge in [0, 0.05) is 50.8 Å². The molecule has 2 N–H and O–H groups in total. The zero-order chi connectivity index (χ0) is 24.6. The fraction of sp³-hybridized carbons (Fsp3) is 0.481. The minimum absolute atomic E-state index is 0.0537. The highest BCUT2D eigenvalue weighted by atomic mass is 35.5. The molecule has 0 radical (unpaired) electrons. The number of benzene rings is 2. The first-order valence-electron chi connectivity index (χ1n) is 12.4. The monoisotopic (exact) mass is 498 g/mol. The maximum Gasteiger partial charge on any atom is 0.248 e. The molecular formula is C27H35ClN4O3. The van der Waals surface area contributed by atoms with Crippen LogP contribution < -0.4 is 5.73 Å². The molecule has 0 bridgehead atoms. The van der Waals surface area contributed by atoms with Gasteiger partial charge in [-0.05, 0) is 36.1 Å². The number of rotatable bonds is 9. The van der Waals surface area contributed by atoms with E-state index in [1.807, 2.05) is 18.2 Å². The number of nitrogens with zero attached hydrogens (tertiary/aromatic N) is 3. The van der Waals surface area contributed by atoms with E-state index in [0.717, 1.165) is 50.6 Å². The molecule has 2 aliphatic heterocycles. The van der Waals surface area contributed by atoms with Crippen molar-refractivity contribution in [2.75, 3.05) is 59.0 Å². The Labute approximate surface area is 212 Å². The minimum atomic E-state index is -0.326. The summed E-state index contributed by atoms with van der Waals surface area (Å²) in [7, 11) is 0. The van der Waals surface area contributed by atoms with E-state index in [-0.39, 0.29) is 30.4 Å². The third kappa shape index (κ3) is 7.04. The zero-order valence-corrected chi connectivity index (χ0v) is 20.9. The maximum absolute atomic E-state index is 12.4. The molecule has 2 atom stereocenters. The van der Waals surface area contributed by atoms with Gasteiger partial charge in [-0.1, -0.05) is 54.1 Å². The van der Waals surface area contributed by atoms with Crippen LogP contribution in [-0.2, 0) is 14.3 Å². The van der Waals surface area contributed by atoms with E-state index in [2.05, 4.69) is 46.2 Å². The molecule has 2 aromatic rings. The average Bonchev–Trinajstić information content (AvgIpc) is 2.89. The highest BCUT2D eigenvalue weighted by Crippen LogP contribution is 2.30. The fourth-order valence-corrected chi connectivity index (χ4v) is 5.15. The minimum Gasteiger partial charge on any atom is -0.370 e. The van der Waals surface area contributed by atoms with E-state index in [1.165, 1.54) is 11.1 Å². The standard InChI is InChI=1S/C27H35ClN4O3/c28-24-10-8-22(9-11-24)26(21-5-2-1-3-6-21)31-15-13-30(14-16-31)17-18-35-20-25(33)32-12-4-7-23(19-32)27(29)34/h1-3,5-6,8-11,23,26H,4,7,12-20H2,(H2,29,34). The summed E-state index contributed by atoms with van der Waals surface area (Å²) in [4.78, 5) is 30.5. The van der Waals surface area contributed by atoms with Crippen molar-refractivity contribution < 1.29 is 14.3 Å². The highest BCUT2D eigenvalue weighted by molar-refractivity contribution is 6.30. The van der Waals surface area contributed by atoms with Crippen LogP contribution in [0.2, 0.25) is 5.02 Å². The van der Waals surface area contributed by atoms with E-state index in [0.29, 0.717) is 19.7 Å². The van der Waals surface area contributed by atoms with Gasteiger partial charge in [-0.15, -0.1) is 0 Å². The Bertz CT molecular complexity index is 964. The molecule has 4 rings (SSSR count). The molecule has 2 unspecified atom stereocenters. The van der Waals surface area contributed by atoms with Crippen LogP contribution in [0.4, 0.5) is 0 Å². The number of carbonyl (C=O) groups is 2. The molecule has 2 aromatic carbocycles. The van der Waals surface area contributed by atoms with Gasteiger partial charge in [-0.2, -0.15) is 0 Å². The topological polar surface area (TPSA) is 79.1 Å². The lowest BCUT2D eigenvalue weighted by Gasteiger charge is -2.39. The van der Waals surface area contributed by atoms with Crippen molar-refractivity contribution in [1.82, 2.24) is 14.7 Å². The number of piperazine rings is 1. The number of hydrogen-bond donors (Lipinski definition) is 1. The Balaban J connectivity index is 1.23. The largest absolute Gasteiger partial charge is 0.370 e. The SMILES string of the molecule is NC(=O)C1CCCN(C(=O)COCCN2CCN(C(c3ccccc3)c3ccc(Cl)cc3)CC2)C1. The first-order valence-corrected chi connectivity index (χ1v) is 12.8. The Morgan fingerprint density at radius 2 is 1.66 bits per heavy atom. The Hall–Kier alpha value is -2.45. The fourth-order valence-electron chi connectivity index (χ4n) is 5.02. The van der Waals surface area contributed by atoms with E-state index in [4.69, 9.17) is 22.1 Å². The van der Waals surface area contributed by atoms with E-state index in [9.17, 15) is 9.59 Å². The van der Waals surface area contributed by atoms with Crippen molar-refractivity contribution in [3.8, 4) is 0 Å². The molecule has 2 fully saturated rings. The second-order valence-electron chi connectivity index (χ2n) is 9.38. The summed E-state index contributed by atoms with van der Waals surface area (Å²) in [6.07, 6.45) is 1.57. The number of halogens is 1. The molecule has 0 spiro atoms. The van der Waals surface area contributed by atoms with Crippen molar-refractivity contribution >= 4 is 23.4 Å². The number of hydrogen-bond acceptors (Lipinski definition) is 5. The van der Waals surface area contributed by atoms with Crippen molar-refractivity contribution in [3.05, 3.63) is 70.7 Å². The zero-order valence-electron chi connectivity index (χ0n) is 20.2. The quantitative estimate of drug-likeness (QED) is 0.538. The number of amides is 2. The summed E-state index contributed by atoms with van der Waals surface area (Å²) >= 11 is 6.14. The molecule has 2 heterocycles. The van der Waals surface area contributed by atoms with Crippen LogP contribution in [0, 0.1) is 5.92 Å². The first kappa shape index (κ1) is 25.6. The molecule has 2 saturated heterocycles. The van der Waals surface area contributed by atoms with Gasteiger partial charge in [-0.25, -0.2) is 0 Å². The predicted octanol–water partition coefficient (Wildman–Crippen LogP) is 2.79. The first-order chi connectivity index (χ1) is 17.0. The highest BCUT2D eigenvalue weighted by Gasteiger charge is 2.28. The van der Waals surface area contributed by atoms with Gasteiger partial charge in [-0.3, -0.25) is 19.4 Å². The average molecular weight is 499 g/mol. The molecule has 188 valence electrons. The number of nitrogens with two attached hydrogens (primary N) is 1. The van der Waals surface area contributed by atoms with Crippen LogP contribution >= 0.6 is 11.6 Å². The van der Waals surface area contributed by atoms with Gasteiger partial charge in [0.15, 0.2) is 0 Å². The molecule has 2 amide bonds. The van der Waals surface area contributed by atoms with Gasteiger partial charge in [0.05, 0.1) is 18.6 Å². The maximum atomic E-state index is 12.4. The lowest BCUT2D eigenvalue weighted by Crippen LogP contribution is -2.48. The van der Waals surface area contributed by atoms with Crippen LogP contribution in [0.25, 0.3) is 0 Å².